The first-order valence-corrected chi connectivity index (χ1v) is 7.68. The van der Waals surface area contributed by atoms with Crippen molar-refractivity contribution in [1.29, 1.82) is 0 Å². The number of amides is 1. The standard InChI is InChI=1S/C13H13NO2S2/c15-12(10-18(16)13-7-4-8-17-13)14-9-11-5-2-1-3-6-11/h1-8H,9-10H2,(H,14,15)/t18-/m0/s1. The third-order valence-electron chi connectivity index (χ3n) is 2.31. The Balaban J connectivity index is 1.81. The van der Waals surface area contributed by atoms with Crippen LogP contribution in [-0.2, 0) is 22.1 Å². The average Bonchev–Trinajstić information content (AvgIpc) is 2.91. The molecule has 3 nitrogen and oxygen atoms in total. The van der Waals surface area contributed by atoms with Gasteiger partial charge in [-0.1, -0.05) is 36.4 Å². The van der Waals surface area contributed by atoms with Crippen molar-refractivity contribution >= 4 is 28.0 Å². The van der Waals surface area contributed by atoms with Crippen molar-refractivity contribution in [3.63, 3.8) is 0 Å². The maximum absolute atomic E-state index is 11.8. The fourth-order valence-corrected chi connectivity index (χ4v) is 3.36. The van der Waals surface area contributed by atoms with E-state index >= 15 is 0 Å². The highest BCUT2D eigenvalue weighted by molar-refractivity contribution is 7.88. The van der Waals surface area contributed by atoms with Gasteiger partial charge in [-0.25, -0.2) is 0 Å². The van der Waals surface area contributed by atoms with E-state index in [1.807, 2.05) is 41.8 Å². The van der Waals surface area contributed by atoms with Crippen LogP contribution in [0.3, 0.4) is 0 Å². The largest absolute Gasteiger partial charge is 0.351 e. The van der Waals surface area contributed by atoms with E-state index in [0.29, 0.717) is 6.54 Å². The molecule has 2 rings (SSSR count). The van der Waals surface area contributed by atoms with Gasteiger partial charge in [-0.3, -0.25) is 9.00 Å². The Morgan fingerprint density at radius 2 is 1.94 bits per heavy atom. The zero-order valence-corrected chi connectivity index (χ0v) is 11.3. The molecule has 0 aliphatic heterocycles. The summed E-state index contributed by atoms with van der Waals surface area (Å²) in [5.74, 6) is -0.168. The Hall–Kier alpha value is -1.46. The molecule has 1 atom stereocenters. The number of thiophene rings is 1. The molecule has 1 heterocycles. The zero-order chi connectivity index (χ0) is 12.8. The van der Waals surface area contributed by atoms with Crippen LogP contribution < -0.4 is 5.32 Å². The van der Waals surface area contributed by atoms with Gasteiger partial charge in [0.15, 0.2) is 0 Å². The lowest BCUT2D eigenvalue weighted by Gasteiger charge is -2.04. The second-order valence-electron chi connectivity index (χ2n) is 3.68. The van der Waals surface area contributed by atoms with Gasteiger partial charge in [-0.05, 0) is 17.0 Å². The third kappa shape index (κ3) is 3.78. The predicted octanol–water partition coefficient (Wildman–Crippen LogP) is 2.17. The van der Waals surface area contributed by atoms with Crippen LogP contribution in [-0.4, -0.2) is 15.9 Å². The number of rotatable bonds is 5. The lowest BCUT2D eigenvalue weighted by Crippen LogP contribution is -2.27. The number of hydrogen-bond acceptors (Lipinski definition) is 3. The molecule has 1 amide bonds. The van der Waals surface area contributed by atoms with E-state index in [2.05, 4.69) is 5.32 Å². The number of carbonyl (C=O) groups is 1. The van der Waals surface area contributed by atoms with Gasteiger partial charge < -0.3 is 5.32 Å². The molecule has 0 bridgehead atoms. The van der Waals surface area contributed by atoms with Crippen LogP contribution in [0.15, 0.2) is 52.1 Å². The SMILES string of the molecule is O=C(C[S@](=O)c1cccs1)NCc1ccccc1. The van der Waals surface area contributed by atoms with E-state index in [1.165, 1.54) is 11.3 Å². The van der Waals surface area contributed by atoms with E-state index in [0.717, 1.165) is 9.77 Å². The Labute approximate surface area is 112 Å². The first-order valence-electron chi connectivity index (χ1n) is 5.48. The van der Waals surface area contributed by atoms with Crippen LogP contribution in [0.4, 0.5) is 0 Å². The van der Waals surface area contributed by atoms with E-state index in [4.69, 9.17) is 0 Å². The number of benzene rings is 1. The Morgan fingerprint density at radius 3 is 2.61 bits per heavy atom. The maximum Gasteiger partial charge on any atom is 0.233 e. The van der Waals surface area contributed by atoms with E-state index < -0.39 is 10.8 Å². The van der Waals surface area contributed by atoms with Gasteiger partial charge in [-0.15, -0.1) is 11.3 Å². The van der Waals surface area contributed by atoms with Gasteiger partial charge >= 0.3 is 0 Å². The molecule has 0 fully saturated rings. The van der Waals surface area contributed by atoms with Gasteiger partial charge in [-0.2, -0.15) is 0 Å². The molecule has 0 aliphatic carbocycles. The van der Waals surface area contributed by atoms with Crippen molar-refractivity contribution in [2.24, 2.45) is 0 Å². The first kappa shape index (κ1) is 13.0. The molecule has 0 aliphatic rings. The average molecular weight is 279 g/mol. The summed E-state index contributed by atoms with van der Waals surface area (Å²) >= 11 is 1.41. The van der Waals surface area contributed by atoms with Crippen molar-refractivity contribution in [3.8, 4) is 0 Å². The summed E-state index contributed by atoms with van der Waals surface area (Å²) in [6.07, 6.45) is 0. The fraction of sp³-hybridized carbons (Fsp3) is 0.154. The Morgan fingerprint density at radius 1 is 1.17 bits per heavy atom. The minimum atomic E-state index is -1.23. The highest BCUT2D eigenvalue weighted by Gasteiger charge is 2.10. The monoisotopic (exact) mass is 279 g/mol. The summed E-state index contributed by atoms with van der Waals surface area (Å²) in [6, 6.07) is 13.3. The molecule has 1 aromatic heterocycles. The Kier molecular flexibility index (Phi) is 4.66. The number of carbonyl (C=O) groups excluding carboxylic acids is 1. The summed E-state index contributed by atoms with van der Waals surface area (Å²) in [7, 11) is -1.23. The van der Waals surface area contributed by atoms with Crippen LogP contribution in [0, 0.1) is 0 Å². The lowest BCUT2D eigenvalue weighted by atomic mass is 10.2. The van der Waals surface area contributed by atoms with Crippen LogP contribution in [0.2, 0.25) is 0 Å². The quantitative estimate of drug-likeness (QED) is 0.912. The van der Waals surface area contributed by atoms with Crippen LogP contribution >= 0.6 is 11.3 Å². The normalized spacial score (nSPS) is 12.0. The summed E-state index contributed by atoms with van der Waals surface area (Å²) in [6.45, 7) is 0.474. The third-order valence-corrected chi connectivity index (χ3v) is 4.93. The highest BCUT2D eigenvalue weighted by Crippen LogP contribution is 2.13. The number of hydrogen-bond donors (Lipinski definition) is 1. The van der Waals surface area contributed by atoms with Crippen LogP contribution in [0.5, 0.6) is 0 Å². The highest BCUT2D eigenvalue weighted by atomic mass is 32.2. The molecule has 0 radical (unpaired) electrons. The van der Waals surface area contributed by atoms with Crippen molar-refractivity contribution in [2.75, 3.05) is 5.75 Å². The maximum atomic E-state index is 11.8. The molecule has 18 heavy (non-hydrogen) atoms. The molecule has 0 saturated heterocycles. The fourth-order valence-electron chi connectivity index (χ4n) is 1.43. The molecule has 2 aromatic rings. The van der Waals surface area contributed by atoms with Gasteiger partial charge in [0.2, 0.25) is 5.91 Å². The van der Waals surface area contributed by atoms with E-state index in [9.17, 15) is 9.00 Å². The second-order valence-corrected chi connectivity index (χ2v) is 6.31. The minimum Gasteiger partial charge on any atom is -0.351 e. The van der Waals surface area contributed by atoms with Crippen LogP contribution in [0.1, 0.15) is 5.56 Å². The van der Waals surface area contributed by atoms with Crippen molar-refractivity contribution < 1.29 is 9.00 Å². The number of nitrogens with one attached hydrogen (secondary N) is 1. The van der Waals surface area contributed by atoms with Crippen LogP contribution in [0.25, 0.3) is 0 Å². The summed E-state index contributed by atoms with van der Waals surface area (Å²) in [5, 5.41) is 4.62. The molecular weight excluding hydrogens is 266 g/mol. The zero-order valence-electron chi connectivity index (χ0n) is 9.67. The second kappa shape index (κ2) is 6.47. The molecule has 5 heteroatoms. The van der Waals surface area contributed by atoms with Crippen molar-refractivity contribution in [3.05, 3.63) is 53.4 Å². The van der Waals surface area contributed by atoms with Gasteiger partial charge in [0.25, 0.3) is 0 Å². The summed E-state index contributed by atoms with van der Waals surface area (Å²) < 4.78 is 12.5. The van der Waals surface area contributed by atoms with E-state index in [-0.39, 0.29) is 11.7 Å². The van der Waals surface area contributed by atoms with Gasteiger partial charge in [0.1, 0.15) is 5.75 Å². The molecular formula is C13H13NO2S2. The molecule has 0 saturated carbocycles. The Bertz CT molecular complexity index is 523. The van der Waals surface area contributed by atoms with Gasteiger partial charge in [0.05, 0.1) is 15.0 Å². The molecule has 0 spiro atoms. The first-order chi connectivity index (χ1) is 8.75. The summed E-state index contributed by atoms with van der Waals surface area (Å²) in [4.78, 5) is 11.6. The van der Waals surface area contributed by atoms with Crippen molar-refractivity contribution in [2.45, 2.75) is 10.8 Å². The lowest BCUT2D eigenvalue weighted by molar-refractivity contribution is -0.118. The molecule has 94 valence electrons. The van der Waals surface area contributed by atoms with Gasteiger partial charge in [0, 0.05) is 6.54 Å². The smallest absolute Gasteiger partial charge is 0.233 e. The minimum absolute atomic E-state index is 0.0212. The summed E-state index contributed by atoms with van der Waals surface area (Å²) in [5.41, 5.74) is 1.03. The molecule has 0 unspecified atom stereocenters. The topological polar surface area (TPSA) is 46.2 Å². The molecule has 1 aromatic carbocycles. The molecule has 1 N–H and O–H groups in total. The van der Waals surface area contributed by atoms with Crippen molar-refractivity contribution in [1.82, 2.24) is 5.32 Å². The van der Waals surface area contributed by atoms with E-state index in [1.54, 1.807) is 6.07 Å². The predicted molar refractivity (Wildman–Crippen MR) is 73.9 cm³/mol.